The van der Waals surface area contributed by atoms with Crippen molar-refractivity contribution in [2.75, 3.05) is 33.0 Å². The Bertz CT molecular complexity index is 1210. The maximum atomic E-state index is 11.4. The van der Waals surface area contributed by atoms with Crippen molar-refractivity contribution in [3.05, 3.63) is 0 Å². The molecule has 56 heavy (non-hydrogen) atoms. The van der Waals surface area contributed by atoms with E-state index in [1.807, 2.05) is 0 Å². The minimum Gasteiger partial charge on any atom is -0.394 e. The van der Waals surface area contributed by atoms with Gasteiger partial charge in [0.05, 0.1) is 33.0 Å². The normalized spacial score (nSPS) is 53.2. The Labute approximate surface area is 316 Å². The highest BCUT2D eigenvalue weighted by molar-refractivity contribution is 4.99. The van der Waals surface area contributed by atoms with Crippen molar-refractivity contribution in [2.45, 2.75) is 154 Å². The van der Waals surface area contributed by atoms with Crippen LogP contribution in [0, 0.1) is 0 Å². The summed E-state index contributed by atoms with van der Waals surface area (Å²) in [5, 5.41) is 177. The first-order chi connectivity index (χ1) is 26.5. The molecule has 17 N–H and O–H groups in total. The lowest BCUT2D eigenvalue weighted by molar-refractivity contribution is -0.395. The van der Waals surface area contributed by atoms with Gasteiger partial charge in [-0.2, -0.15) is 0 Å². The highest BCUT2D eigenvalue weighted by Crippen LogP contribution is 2.35. The molecule has 5 fully saturated rings. The molecule has 5 rings (SSSR count). The molecule has 5 saturated heterocycles. The largest absolute Gasteiger partial charge is 0.394 e. The van der Waals surface area contributed by atoms with E-state index >= 15 is 0 Å². The van der Waals surface area contributed by atoms with Gasteiger partial charge >= 0.3 is 0 Å². The zero-order valence-corrected chi connectivity index (χ0v) is 29.2. The summed E-state index contributed by atoms with van der Waals surface area (Å²) in [5.41, 5.74) is 0. The van der Waals surface area contributed by atoms with Gasteiger partial charge in [0.25, 0.3) is 0 Å². The van der Waals surface area contributed by atoms with Gasteiger partial charge in [-0.3, -0.25) is 0 Å². The first-order valence-corrected chi connectivity index (χ1v) is 17.6. The van der Waals surface area contributed by atoms with Crippen LogP contribution in [-0.4, -0.2) is 273 Å². The van der Waals surface area contributed by atoms with Crippen LogP contribution >= 0.6 is 0 Å². The third-order valence-corrected chi connectivity index (χ3v) is 10.3. The van der Waals surface area contributed by atoms with Crippen LogP contribution < -0.4 is 0 Å². The Morgan fingerprint density at radius 1 is 0.268 bits per heavy atom. The molecule has 5 heterocycles. The van der Waals surface area contributed by atoms with E-state index in [1.165, 1.54) is 0 Å². The van der Waals surface area contributed by atoms with Crippen LogP contribution in [-0.2, 0) is 42.6 Å². The summed E-state index contributed by atoms with van der Waals surface area (Å²) in [6.45, 7) is -4.58. The highest BCUT2D eigenvalue weighted by atomic mass is 16.8. The van der Waals surface area contributed by atoms with Crippen molar-refractivity contribution < 1.29 is 129 Å². The Balaban J connectivity index is 1.34. The predicted octanol–water partition coefficient (Wildman–Crippen LogP) is -11.9. The van der Waals surface area contributed by atoms with Crippen LogP contribution in [0.25, 0.3) is 0 Å². The molecule has 26 heteroatoms. The van der Waals surface area contributed by atoms with E-state index in [0.717, 1.165) is 0 Å². The van der Waals surface area contributed by atoms with E-state index in [9.17, 15) is 86.8 Å². The minimum absolute atomic E-state index is 0.837. The highest BCUT2D eigenvalue weighted by Gasteiger charge is 2.56. The lowest BCUT2D eigenvalue weighted by atomic mass is 9.95. The molecule has 0 aromatic rings. The smallest absolute Gasteiger partial charge is 0.187 e. The molecular weight excluding hydrogens is 776 g/mol. The van der Waals surface area contributed by atoms with Gasteiger partial charge in [0.15, 0.2) is 31.5 Å². The fourth-order valence-corrected chi connectivity index (χ4v) is 7.01. The number of aliphatic hydroxyl groups excluding tert-OH is 17. The van der Waals surface area contributed by atoms with Gasteiger partial charge in [-0.1, -0.05) is 0 Å². The van der Waals surface area contributed by atoms with Gasteiger partial charge in [0.2, 0.25) is 0 Å². The van der Waals surface area contributed by atoms with Crippen molar-refractivity contribution in [2.24, 2.45) is 0 Å². The molecule has 26 nitrogen and oxygen atoms in total. The maximum Gasteiger partial charge on any atom is 0.187 e. The fourth-order valence-electron chi connectivity index (χ4n) is 7.01. The molecule has 0 aromatic heterocycles. The minimum atomic E-state index is -2.18. The standard InChI is InChI=1S/C30H52O26/c31-1-6-11(36)16(41)17(42)27(49-6)54-23-13(38)8(3-33)51-29(19(23)44)56-25-15(40)10(5-35)52-30(21(25)46)55-24-14(39)9(4-34)50-28(20(24)45)53-22-12(37)7(2-32)48-26(47)18(22)43/h6-47H,1-5H2/t6-,7-,8-,9-,10-,11-,12-,13-,14-,15-,16+,17+,18+,19+,20+,21+,22+,23+,24+,25+,26+,27-,28-,29-,30-/m1/s1. The third kappa shape index (κ3) is 9.16. The Kier molecular flexibility index (Phi) is 16.1. The summed E-state index contributed by atoms with van der Waals surface area (Å²) >= 11 is 0. The predicted molar refractivity (Wildman–Crippen MR) is 167 cm³/mol. The van der Waals surface area contributed by atoms with Gasteiger partial charge < -0.3 is 129 Å². The van der Waals surface area contributed by atoms with Crippen molar-refractivity contribution >= 4 is 0 Å². The van der Waals surface area contributed by atoms with Gasteiger partial charge in [0.1, 0.15) is 122 Å². The van der Waals surface area contributed by atoms with E-state index in [4.69, 9.17) is 42.6 Å². The molecule has 5 aliphatic heterocycles. The summed E-state index contributed by atoms with van der Waals surface area (Å²) in [5.74, 6) is 0. The van der Waals surface area contributed by atoms with E-state index < -0.39 is 187 Å². The Morgan fingerprint density at radius 3 is 0.821 bits per heavy atom. The van der Waals surface area contributed by atoms with Crippen molar-refractivity contribution in [3.63, 3.8) is 0 Å². The van der Waals surface area contributed by atoms with E-state index in [-0.39, 0.29) is 0 Å². The Morgan fingerprint density at radius 2 is 0.518 bits per heavy atom. The van der Waals surface area contributed by atoms with Crippen molar-refractivity contribution in [1.29, 1.82) is 0 Å². The number of aliphatic hydroxyl groups is 17. The maximum absolute atomic E-state index is 11.4. The van der Waals surface area contributed by atoms with Gasteiger partial charge in [-0.25, -0.2) is 0 Å². The van der Waals surface area contributed by atoms with E-state index in [0.29, 0.717) is 0 Å². The monoisotopic (exact) mass is 828 g/mol. The summed E-state index contributed by atoms with van der Waals surface area (Å²) in [7, 11) is 0. The molecule has 0 unspecified atom stereocenters. The van der Waals surface area contributed by atoms with Gasteiger partial charge in [-0.05, 0) is 0 Å². The van der Waals surface area contributed by atoms with Gasteiger partial charge in [-0.15, -0.1) is 0 Å². The lowest BCUT2D eigenvalue weighted by Crippen LogP contribution is -2.68. The number of rotatable bonds is 13. The second-order valence-electron chi connectivity index (χ2n) is 13.9. The second kappa shape index (κ2) is 19.6. The lowest BCUT2D eigenvalue weighted by Gasteiger charge is -2.49. The van der Waals surface area contributed by atoms with Crippen LogP contribution in [0.15, 0.2) is 0 Å². The number of hydrogen-bond donors (Lipinski definition) is 17. The van der Waals surface area contributed by atoms with Crippen LogP contribution in [0.1, 0.15) is 0 Å². The van der Waals surface area contributed by atoms with Crippen LogP contribution in [0.3, 0.4) is 0 Å². The molecule has 0 amide bonds. The summed E-state index contributed by atoms with van der Waals surface area (Å²) in [6, 6.07) is 0. The fraction of sp³-hybridized carbons (Fsp3) is 1.00. The van der Waals surface area contributed by atoms with Crippen LogP contribution in [0.5, 0.6) is 0 Å². The summed E-state index contributed by atoms with van der Waals surface area (Å²) < 4.78 is 48.9. The van der Waals surface area contributed by atoms with Crippen molar-refractivity contribution in [1.82, 2.24) is 0 Å². The number of hydrogen-bond acceptors (Lipinski definition) is 26. The molecule has 0 aliphatic carbocycles. The molecule has 328 valence electrons. The molecule has 0 saturated carbocycles. The third-order valence-electron chi connectivity index (χ3n) is 10.3. The molecule has 25 atom stereocenters. The van der Waals surface area contributed by atoms with E-state index in [2.05, 4.69) is 0 Å². The van der Waals surface area contributed by atoms with E-state index in [1.54, 1.807) is 0 Å². The first kappa shape index (κ1) is 46.0. The molecule has 0 radical (unpaired) electrons. The average molecular weight is 829 g/mol. The molecule has 0 aromatic carbocycles. The molecule has 0 spiro atoms. The number of ether oxygens (including phenoxy) is 9. The Hall–Kier alpha value is -1.04. The topological polar surface area (TPSA) is 427 Å². The molecule has 5 aliphatic rings. The van der Waals surface area contributed by atoms with Crippen LogP contribution in [0.2, 0.25) is 0 Å². The quantitative estimate of drug-likeness (QED) is 0.0819. The summed E-state index contributed by atoms with van der Waals surface area (Å²) in [4.78, 5) is 0. The zero-order chi connectivity index (χ0) is 41.3. The van der Waals surface area contributed by atoms with Gasteiger partial charge in [0, 0.05) is 0 Å². The first-order valence-electron chi connectivity index (χ1n) is 17.6. The second-order valence-corrected chi connectivity index (χ2v) is 13.9. The molecular formula is C30H52O26. The average Bonchev–Trinajstić information content (AvgIpc) is 3.18. The van der Waals surface area contributed by atoms with Crippen molar-refractivity contribution in [3.8, 4) is 0 Å². The van der Waals surface area contributed by atoms with Crippen LogP contribution in [0.4, 0.5) is 0 Å². The summed E-state index contributed by atoms with van der Waals surface area (Å²) in [6.07, 6.45) is -47.2. The molecule has 0 bridgehead atoms. The SMILES string of the molecule is OC[C@H]1O[C@H](O[C@@H]2[C@H](O)[C@@H](O[C@@H]3[C@H](O)[C@@H](O[C@@H]4[C@H](O)[C@@H](O[C@@H]5[C@H](O)[C@@H](O)O[C@H](CO)[C@H]5O)O[C@H](CO)[C@H]4O)O[C@H](CO)[C@H]3O)O[C@H](CO)[C@H]2O)[C@@H](O)[C@@H](O)[C@@H]1O. The zero-order valence-electron chi connectivity index (χ0n) is 29.2.